The fraction of sp³-hybridized carbons (Fsp3) is 0.688. The van der Waals surface area contributed by atoms with E-state index in [9.17, 15) is 8.42 Å². The smallest absolute Gasteiger partial charge is 0.150 e. The summed E-state index contributed by atoms with van der Waals surface area (Å²) in [4.78, 5) is 4.51. The van der Waals surface area contributed by atoms with Crippen LogP contribution in [0, 0.1) is 12.8 Å². The maximum atomic E-state index is 11.9. The van der Waals surface area contributed by atoms with Gasteiger partial charge in [-0.2, -0.15) is 0 Å². The molecule has 5 heteroatoms. The van der Waals surface area contributed by atoms with Gasteiger partial charge in [-0.15, -0.1) is 0 Å². The molecule has 1 aromatic rings. The van der Waals surface area contributed by atoms with Crippen LogP contribution in [0.25, 0.3) is 0 Å². The summed E-state index contributed by atoms with van der Waals surface area (Å²) in [5.41, 5.74) is 2.23. The van der Waals surface area contributed by atoms with Crippen LogP contribution in [0.1, 0.15) is 49.9 Å². The van der Waals surface area contributed by atoms with Gasteiger partial charge in [0.2, 0.25) is 0 Å². The summed E-state index contributed by atoms with van der Waals surface area (Å²) in [5.74, 6) is 0.340. The molecule has 0 saturated heterocycles. The number of hydrogen-bond donors (Lipinski definition) is 1. The lowest BCUT2D eigenvalue weighted by atomic mass is 9.82. The second-order valence-corrected chi connectivity index (χ2v) is 8.50. The van der Waals surface area contributed by atoms with Crippen molar-refractivity contribution in [2.24, 2.45) is 5.92 Å². The van der Waals surface area contributed by atoms with Crippen LogP contribution < -0.4 is 5.32 Å². The quantitative estimate of drug-likeness (QED) is 0.908. The average molecular weight is 310 g/mol. The monoisotopic (exact) mass is 310 g/mol. The number of sulfone groups is 1. The summed E-state index contributed by atoms with van der Waals surface area (Å²) in [5, 5.41) is 3.32. The van der Waals surface area contributed by atoms with Crippen LogP contribution in [0.3, 0.4) is 0 Å². The van der Waals surface area contributed by atoms with Crippen molar-refractivity contribution in [1.29, 1.82) is 0 Å². The number of rotatable bonds is 5. The average Bonchev–Trinajstić information content (AvgIpc) is 2.44. The molecule has 3 atom stereocenters. The van der Waals surface area contributed by atoms with E-state index in [2.05, 4.69) is 30.2 Å². The second-order valence-electron chi connectivity index (χ2n) is 6.17. The van der Waals surface area contributed by atoms with Gasteiger partial charge in [-0.05, 0) is 56.3 Å². The highest BCUT2D eigenvalue weighted by atomic mass is 32.2. The van der Waals surface area contributed by atoms with Crippen molar-refractivity contribution < 1.29 is 8.42 Å². The first-order valence-electron chi connectivity index (χ1n) is 7.76. The maximum absolute atomic E-state index is 11.9. The molecule has 0 bridgehead atoms. The van der Waals surface area contributed by atoms with E-state index in [-0.39, 0.29) is 11.3 Å². The van der Waals surface area contributed by atoms with Gasteiger partial charge in [-0.3, -0.25) is 4.98 Å². The van der Waals surface area contributed by atoms with E-state index in [0.29, 0.717) is 5.92 Å². The summed E-state index contributed by atoms with van der Waals surface area (Å²) in [6.07, 6.45) is 6.80. The van der Waals surface area contributed by atoms with Crippen LogP contribution in [0.15, 0.2) is 18.3 Å². The Morgan fingerprint density at radius 1 is 1.43 bits per heavy atom. The SMILES string of the molecule is CCNC(c1cc(C)ccn1)C1CCCC(S(C)(=O)=O)C1. The summed E-state index contributed by atoms with van der Waals surface area (Å²) in [7, 11) is -2.95. The molecule has 1 aliphatic rings. The van der Waals surface area contributed by atoms with E-state index < -0.39 is 9.84 Å². The molecule has 118 valence electrons. The number of hydrogen-bond acceptors (Lipinski definition) is 4. The van der Waals surface area contributed by atoms with Gasteiger partial charge in [0.25, 0.3) is 0 Å². The van der Waals surface area contributed by atoms with Gasteiger partial charge in [-0.25, -0.2) is 8.42 Å². The number of pyridine rings is 1. The normalized spacial score (nSPS) is 24.7. The summed E-state index contributed by atoms with van der Waals surface area (Å²) in [6.45, 7) is 5.01. The standard InChI is InChI=1S/C16H26N2O2S/c1-4-17-16(15-10-12(2)8-9-18-15)13-6-5-7-14(11-13)21(3,19)20/h8-10,13-14,16-17H,4-7,11H2,1-3H3. The minimum Gasteiger partial charge on any atom is -0.309 e. The van der Waals surface area contributed by atoms with E-state index >= 15 is 0 Å². The van der Waals surface area contributed by atoms with Crippen LogP contribution in [0.2, 0.25) is 0 Å². The lowest BCUT2D eigenvalue weighted by Gasteiger charge is -2.34. The Morgan fingerprint density at radius 3 is 2.81 bits per heavy atom. The third-order valence-corrected chi connectivity index (χ3v) is 6.06. The van der Waals surface area contributed by atoms with Crippen molar-refractivity contribution in [3.8, 4) is 0 Å². The van der Waals surface area contributed by atoms with Gasteiger partial charge in [0.1, 0.15) is 9.84 Å². The summed E-state index contributed by atoms with van der Waals surface area (Å²) < 4.78 is 23.7. The highest BCUT2D eigenvalue weighted by molar-refractivity contribution is 7.91. The Labute approximate surface area is 128 Å². The zero-order valence-corrected chi connectivity index (χ0v) is 14.0. The predicted octanol–water partition coefficient (Wildman–Crippen LogP) is 2.64. The number of aromatic nitrogens is 1. The van der Waals surface area contributed by atoms with Gasteiger partial charge in [0.05, 0.1) is 17.0 Å². The first kappa shape index (κ1) is 16.4. The molecule has 0 aliphatic heterocycles. The Morgan fingerprint density at radius 2 is 2.19 bits per heavy atom. The molecule has 3 unspecified atom stereocenters. The van der Waals surface area contributed by atoms with Crippen LogP contribution in [-0.4, -0.2) is 31.5 Å². The minimum atomic E-state index is -2.95. The van der Waals surface area contributed by atoms with Crippen molar-refractivity contribution in [3.63, 3.8) is 0 Å². The molecule has 1 saturated carbocycles. The highest BCUT2D eigenvalue weighted by Gasteiger charge is 2.33. The molecule has 0 aromatic carbocycles. The minimum absolute atomic E-state index is 0.152. The van der Waals surface area contributed by atoms with Gasteiger partial charge >= 0.3 is 0 Å². The Kier molecular flexibility index (Phi) is 5.38. The first-order chi connectivity index (χ1) is 9.91. The van der Waals surface area contributed by atoms with E-state index in [1.54, 1.807) is 0 Å². The van der Waals surface area contributed by atoms with E-state index in [0.717, 1.165) is 37.9 Å². The van der Waals surface area contributed by atoms with Gasteiger partial charge in [0, 0.05) is 12.5 Å². The molecule has 1 N–H and O–H groups in total. The first-order valence-corrected chi connectivity index (χ1v) is 9.72. The molecule has 1 fully saturated rings. The third kappa shape index (κ3) is 4.27. The zero-order chi connectivity index (χ0) is 15.5. The molecule has 0 amide bonds. The zero-order valence-electron chi connectivity index (χ0n) is 13.2. The molecule has 4 nitrogen and oxygen atoms in total. The molecule has 21 heavy (non-hydrogen) atoms. The second kappa shape index (κ2) is 6.88. The van der Waals surface area contributed by atoms with Crippen molar-refractivity contribution in [2.45, 2.75) is 50.8 Å². The number of nitrogens with one attached hydrogen (secondary N) is 1. The molecule has 0 spiro atoms. The Bertz CT molecular complexity index is 571. The van der Waals surface area contributed by atoms with Crippen LogP contribution >= 0.6 is 0 Å². The predicted molar refractivity (Wildman–Crippen MR) is 86.0 cm³/mol. The maximum Gasteiger partial charge on any atom is 0.150 e. The summed E-state index contributed by atoms with van der Waals surface area (Å²) >= 11 is 0. The van der Waals surface area contributed by atoms with Crippen molar-refractivity contribution in [1.82, 2.24) is 10.3 Å². The van der Waals surface area contributed by atoms with Crippen LogP contribution in [0.4, 0.5) is 0 Å². The van der Waals surface area contributed by atoms with E-state index in [1.807, 2.05) is 12.3 Å². The topological polar surface area (TPSA) is 59.1 Å². The number of nitrogens with zero attached hydrogens (tertiary/aromatic N) is 1. The van der Waals surface area contributed by atoms with Crippen molar-refractivity contribution in [3.05, 3.63) is 29.6 Å². The molecule has 1 aromatic heterocycles. The van der Waals surface area contributed by atoms with Crippen LogP contribution in [-0.2, 0) is 9.84 Å². The Balaban J connectivity index is 2.22. The fourth-order valence-electron chi connectivity index (χ4n) is 3.33. The van der Waals surface area contributed by atoms with Gasteiger partial charge < -0.3 is 5.32 Å². The van der Waals surface area contributed by atoms with Gasteiger partial charge in [0.15, 0.2) is 0 Å². The highest BCUT2D eigenvalue weighted by Crippen LogP contribution is 2.36. The summed E-state index contributed by atoms with van der Waals surface area (Å²) in [6, 6.07) is 4.25. The lowest BCUT2D eigenvalue weighted by Crippen LogP contribution is -2.36. The Hall–Kier alpha value is -0.940. The molecular formula is C16H26N2O2S. The molecule has 2 rings (SSSR count). The fourth-order valence-corrected chi connectivity index (χ4v) is 4.53. The van der Waals surface area contributed by atoms with Gasteiger partial charge in [-0.1, -0.05) is 13.3 Å². The van der Waals surface area contributed by atoms with E-state index in [4.69, 9.17) is 0 Å². The molecule has 1 heterocycles. The molecular weight excluding hydrogens is 284 g/mol. The van der Waals surface area contributed by atoms with Crippen molar-refractivity contribution >= 4 is 9.84 Å². The molecule has 1 aliphatic carbocycles. The van der Waals surface area contributed by atoms with Crippen molar-refractivity contribution in [2.75, 3.05) is 12.8 Å². The number of aryl methyl sites for hydroxylation is 1. The van der Waals surface area contributed by atoms with Crippen LogP contribution in [0.5, 0.6) is 0 Å². The lowest BCUT2D eigenvalue weighted by molar-refractivity contribution is 0.271. The third-order valence-electron chi connectivity index (χ3n) is 4.42. The molecule has 0 radical (unpaired) electrons. The van der Waals surface area contributed by atoms with E-state index in [1.165, 1.54) is 11.8 Å². The largest absolute Gasteiger partial charge is 0.309 e.